The summed E-state index contributed by atoms with van der Waals surface area (Å²) in [7, 11) is 0. The summed E-state index contributed by atoms with van der Waals surface area (Å²) in [5, 5.41) is 2.79. The zero-order valence-corrected chi connectivity index (χ0v) is 24.1. The topological polar surface area (TPSA) is 94.2 Å². The summed E-state index contributed by atoms with van der Waals surface area (Å²) < 4.78 is 16.4. The third-order valence-corrected chi connectivity index (χ3v) is 6.63. The second-order valence-electron chi connectivity index (χ2n) is 11.0. The number of rotatable bonds is 10. The Balaban J connectivity index is 1.41. The third-order valence-electron chi connectivity index (χ3n) is 6.63. The monoisotopic (exact) mass is 558 g/mol. The number of alkyl carbamates (subject to hydrolysis) is 1. The van der Waals surface area contributed by atoms with E-state index in [-0.39, 0.29) is 18.6 Å². The van der Waals surface area contributed by atoms with Crippen LogP contribution in [0.2, 0.25) is 0 Å². The lowest BCUT2D eigenvalue weighted by Gasteiger charge is -2.25. The van der Waals surface area contributed by atoms with Crippen molar-refractivity contribution in [2.24, 2.45) is 0 Å². The number of nitrogens with one attached hydrogen (secondary N) is 1. The Labute approximate surface area is 241 Å². The van der Waals surface area contributed by atoms with Crippen molar-refractivity contribution < 1.29 is 28.6 Å². The van der Waals surface area contributed by atoms with Crippen LogP contribution >= 0.6 is 0 Å². The standard InChI is InChI=1S/C33H38N2O6/c1-5-39-29(30(36)35-28(22-40-32(35)38)19-23-10-7-6-8-11-23)20-24-14-16-26(17-15-24)27-13-9-12-25(18-27)21-34-31(37)41-33(2,3)4/h6-18,28-29H,5,19-22H2,1-4H3,(H,34,37)/t28?,29-/m0/s1. The predicted molar refractivity (Wildman–Crippen MR) is 156 cm³/mol. The first kappa shape index (κ1) is 29.8. The van der Waals surface area contributed by atoms with E-state index in [9.17, 15) is 14.4 Å². The first-order valence-corrected chi connectivity index (χ1v) is 13.9. The van der Waals surface area contributed by atoms with Gasteiger partial charge in [-0.15, -0.1) is 0 Å². The van der Waals surface area contributed by atoms with E-state index in [1.165, 1.54) is 4.90 Å². The molecule has 0 radical (unpaired) electrons. The SMILES string of the molecule is CCO[C@@H](Cc1ccc(-c2cccc(CNC(=O)OC(C)(C)C)c2)cc1)C(=O)N1C(=O)OCC1Cc1ccccc1. The Morgan fingerprint density at radius 3 is 2.34 bits per heavy atom. The van der Waals surface area contributed by atoms with Gasteiger partial charge in [0.25, 0.3) is 5.91 Å². The number of carbonyl (C=O) groups excluding carboxylic acids is 3. The molecule has 1 unspecified atom stereocenters. The molecule has 8 heteroatoms. The molecule has 216 valence electrons. The van der Waals surface area contributed by atoms with Crippen LogP contribution in [0.25, 0.3) is 11.1 Å². The smallest absolute Gasteiger partial charge is 0.417 e. The van der Waals surface area contributed by atoms with Gasteiger partial charge in [0.2, 0.25) is 0 Å². The fraction of sp³-hybridized carbons (Fsp3) is 0.364. The minimum atomic E-state index is -0.808. The van der Waals surface area contributed by atoms with Gasteiger partial charge in [-0.3, -0.25) is 4.79 Å². The van der Waals surface area contributed by atoms with Gasteiger partial charge in [0.1, 0.15) is 18.3 Å². The molecule has 3 aromatic rings. The molecule has 1 N–H and O–H groups in total. The van der Waals surface area contributed by atoms with Gasteiger partial charge in [-0.05, 0) is 68.0 Å². The van der Waals surface area contributed by atoms with E-state index in [0.29, 0.717) is 26.0 Å². The van der Waals surface area contributed by atoms with E-state index in [4.69, 9.17) is 14.2 Å². The fourth-order valence-electron chi connectivity index (χ4n) is 4.74. The average molecular weight is 559 g/mol. The summed E-state index contributed by atoms with van der Waals surface area (Å²) in [6.07, 6.45) is -1.04. The van der Waals surface area contributed by atoms with Crippen molar-refractivity contribution >= 4 is 18.1 Å². The molecule has 1 heterocycles. The number of benzene rings is 3. The number of ether oxygens (including phenoxy) is 3. The molecule has 8 nitrogen and oxygen atoms in total. The third kappa shape index (κ3) is 8.41. The van der Waals surface area contributed by atoms with E-state index >= 15 is 0 Å². The second-order valence-corrected chi connectivity index (χ2v) is 11.0. The van der Waals surface area contributed by atoms with E-state index < -0.39 is 23.9 Å². The van der Waals surface area contributed by atoms with Gasteiger partial charge in [-0.25, -0.2) is 14.5 Å². The maximum absolute atomic E-state index is 13.5. The molecule has 3 amide bonds. The molecule has 1 saturated heterocycles. The summed E-state index contributed by atoms with van der Waals surface area (Å²) in [6.45, 7) is 8.16. The minimum Gasteiger partial charge on any atom is -0.447 e. The van der Waals surface area contributed by atoms with Gasteiger partial charge in [-0.1, -0.05) is 72.8 Å². The first-order chi connectivity index (χ1) is 19.6. The molecule has 2 atom stereocenters. The molecular formula is C33H38N2O6. The summed E-state index contributed by atoms with van der Waals surface area (Å²) in [5.41, 5.74) is 4.33. The highest BCUT2D eigenvalue weighted by Gasteiger charge is 2.41. The van der Waals surface area contributed by atoms with Crippen LogP contribution in [-0.2, 0) is 38.4 Å². The number of nitrogens with zero attached hydrogens (tertiary/aromatic N) is 1. The molecule has 0 bridgehead atoms. The minimum absolute atomic E-state index is 0.166. The number of carbonyl (C=O) groups is 3. The summed E-state index contributed by atoms with van der Waals surface area (Å²) in [4.78, 5) is 39.3. The number of imide groups is 1. The van der Waals surface area contributed by atoms with Crippen LogP contribution in [0.5, 0.6) is 0 Å². The zero-order valence-electron chi connectivity index (χ0n) is 24.1. The highest BCUT2D eigenvalue weighted by atomic mass is 16.6. The van der Waals surface area contributed by atoms with Gasteiger partial charge in [0.15, 0.2) is 0 Å². The molecule has 0 aliphatic carbocycles. The highest BCUT2D eigenvalue weighted by Crippen LogP contribution is 2.24. The van der Waals surface area contributed by atoms with Crippen LogP contribution in [0.15, 0.2) is 78.9 Å². The average Bonchev–Trinajstić information content (AvgIpc) is 3.31. The van der Waals surface area contributed by atoms with Crippen LogP contribution in [-0.4, -0.2) is 54.0 Å². The number of hydrogen-bond donors (Lipinski definition) is 1. The van der Waals surface area contributed by atoms with Gasteiger partial charge in [-0.2, -0.15) is 0 Å². The number of cyclic esters (lactones) is 1. The Kier molecular flexibility index (Phi) is 9.78. The lowest BCUT2D eigenvalue weighted by Crippen LogP contribution is -2.47. The van der Waals surface area contributed by atoms with E-state index in [1.807, 2.05) is 107 Å². The lowest BCUT2D eigenvalue weighted by atomic mass is 9.99. The van der Waals surface area contributed by atoms with E-state index in [0.717, 1.165) is 27.8 Å². The molecular weight excluding hydrogens is 520 g/mol. The van der Waals surface area contributed by atoms with Crippen molar-refractivity contribution in [2.45, 2.75) is 64.8 Å². The Hall–Kier alpha value is -4.17. The molecule has 1 aliphatic rings. The molecule has 0 aromatic heterocycles. The van der Waals surface area contributed by atoms with Gasteiger partial charge >= 0.3 is 12.2 Å². The van der Waals surface area contributed by atoms with Crippen molar-refractivity contribution in [3.05, 3.63) is 95.6 Å². The van der Waals surface area contributed by atoms with Gasteiger partial charge in [0.05, 0.1) is 6.04 Å². The van der Waals surface area contributed by atoms with Gasteiger partial charge in [0, 0.05) is 19.6 Å². The lowest BCUT2D eigenvalue weighted by molar-refractivity contribution is -0.141. The van der Waals surface area contributed by atoms with Crippen molar-refractivity contribution in [1.82, 2.24) is 10.2 Å². The molecule has 0 saturated carbocycles. The Morgan fingerprint density at radius 2 is 1.66 bits per heavy atom. The molecule has 1 aliphatic heterocycles. The quantitative estimate of drug-likeness (QED) is 0.332. The largest absolute Gasteiger partial charge is 0.447 e. The van der Waals surface area contributed by atoms with Crippen LogP contribution in [0, 0.1) is 0 Å². The maximum atomic E-state index is 13.5. The zero-order chi connectivity index (χ0) is 29.4. The second kappa shape index (κ2) is 13.5. The molecule has 4 rings (SSSR count). The van der Waals surface area contributed by atoms with Crippen molar-refractivity contribution in [2.75, 3.05) is 13.2 Å². The van der Waals surface area contributed by atoms with Crippen molar-refractivity contribution in [3.63, 3.8) is 0 Å². The van der Waals surface area contributed by atoms with Crippen molar-refractivity contribution in [1.29, 1.82) is 0 Å². The van der Waals surface area contributed by atoms with Crippen LogP contribution in [0.3, 0.4) is 0 Å². The number of amides is 3. The summed E-state index contributed by atoms with van der Waals surface area (Å²) in [5.74, 6) is -0.385. The maximum Gasteiger partial charge on any atom is 0.417 e. The predicted octanol–water partition coefficient (Wildman–Crippen LogP) is 5.92. The van der Waals surface area contributed by atoms with Crippen LogP contribution in [0.4, 0.5) is 9.59 Å². The van der Waals surface area contributed by atoms with Crippen LogP contribution in [0.1, 0.15) is 44.4 Å². The van der Waals surface area contributed by atoms with Crippen LogP contribution < -0.4 is 5.32 Å². The highest BCUT2D eigenvalue weighted by molar-refractivity contribution is 5.96. The normalized spacial score (nSPS) is 15.8. The molecule has 1 fully saturated rings. The Bertz CT molecular complexity index is 1330. The fourth-order valence-corrected chi connectivity index (χ4v) is 4.74. The Morgan fingerprint density at radius 1 is 0.951 bits per heavy atom. The van der Waals surface area contributed by atoms with E-state index in [1.54, 1.807) is 0 Å². The first-order valence-electron chi connectivity index (χ1n) is 13.9. The summed E-state index contributed by atoms with van der Waals surface area (Å²) in [6, 6.07) is 25.2. The molecule has 0 spiro atoms. The molecule has 3 aromatic carbocycles. The molecule has 41 heavy (non-hydrogen) atoms. The number of hydrogen-bond acceptors (Lipinski definition) is 6. The van der Waals surface area contributed by atoms with E-state index in [2.05, 4.69) is 5.32 Å². The van der Waals surface area contributed by atoms with Gasteiger partial charge < -0.3 is 19.5 Å². The summed E-state index contributed by atoms with van der Waals surface area (Å²) >= 11 is 0. The van der Waals surface area contributed by atoms with Crippen molar-refractivity contribution in [3.8, 4) is 11.1 Å².